The lowest BCUT2D eigenvalue weighted by Crippen LogP contribution is -2.51. The Morgan fingerprint density at radius 2 is 1.59 bits per heavy atom. The summed E-state index contributed by atoms with van der Waals surface area (Å²) in [6.07, 6.45) is 1.13. The average Bonchev–Trinajstić information content (AvgIpc) is 3.23. The van der Waals surface area contributed by atoms with Crippen molar-refractivity contribution in [2.75, 3.05) is 11.4 Å². The molecule has 0 bridgehead atoms. The number of anilines is 1. The lowest BCUT2D eigenvalue weighted by molar-refractivity contribution is -0.141. The molecule has 0 aromatic heterocycles. The molecule has 6 nitrogen and oxygen atoms in total. The molecule has 5 rings (SSSR count). The highest BCUT2D eigenvalue weighted by atomic mass is 16.2. The van der Waals surface area contributed by atoms with Crippen LogP contribution in [0, 0.1) is 6.92 Å². The van der Waals surface area contributed by atoms with Crippen LogP contribution < -0.4 is 10.2 Å². The zero-order valence-electron chi connectivity index (χ0n) is 24.0. The van der Waals surface area contributed by atoms with Gasteiger partial charge in [-0.3, -0.25) is 14.4 Å². The molecule has 0 radical (unpaired) electrons. The summed E-state index contributed by atoms with van der Waals surface area (Å²) in [5, 5.41) is 5.05. The van der Waals surface area contributed by atoms with Gasteiger partial charge in [0.2, 0.25) is 11.8 Å². The van der Waals surface area contributed by atoms with E-state index in [4.69, 9.17) is 0 Å². The molecule has 0 aliphatic carbocycles. The highest BCUT2D eigenvalue weighted by Gasteiger charge is 2.32. The van der Waals surface area contributed by atoms with Crippen LogP contribution in [0.4, 0.5) is 5.69 Å². The zero-order valence-corrected chi connectivity index (χ0v) is 24.0. The molecule has 6 heteroatoms. The van der Waals surface area contributed by atoms with Gasteiger partial charge in [-0.15, -0.1) is 0 Å². The summed E-state index contributed by atoms with van der Waals surface area (Å²) in [5.41, 5.74) is 4.67. The van der Waals surface area contributed by atoms with Crippen LogP contribution in [0.1, 0.15) is 53.7 Å². The van der Waals surface area contributed by atoms with E-state index in [2.05, 4.69) is 11.4 Å². The molecule has 0 saturated carbocycles. The van der Waals surface area contributed by atoms with Gasteiger partial charge in [-0.05, 0) is 55.8 Å². The van der Waals surface area contributed by atoms with Crippen molar-refractivity contribution in [3.05, 3.63) is 113 Å². The molecule has 1 aliphatic rings. The van der Waals surface area contributed by atoms with Crippen LogP contribution in [-0.2, 0) is 22.6 Å². The standard InChI is InChI=1S/C35H37N3O3/c1-24(2)36-34(40)31(22-26-12-5-4-6-13-26)38(23-27-14-7-11-25(3)21-27)32(39)19-10-20-37-30-18-9-16-28-15-8-17-29(33(28)30)35(37)41/h4-9,11-18,21,24,31H,10,19-20,22-23H2,1-3H3,(H,36,40). The maximum absolute atomic E-state index is 14.0. The van der Waals surface area contributed by atoms with Crippen molar-refractivity contribution >= 4 is 34.2 Å². The van der Waals surface area contributed by atoms with Gasteiger partial charge in [0.1, 0.15) is 6.04 Å². The van der Waals surface area contributed by atoms with E-state index < -0.39 is 6.04 Å². The Hall–Kier alpha value is -4.45. The van der Waals surface area contributed by atoms with Crippen LogP contribution in [0.25, 0.3) is 10.8 Å². The third kappa shape index (κ3) is 6.32. The smallest absolute Gasteiger partial charge is 0.258 e. The van der Waals surface area contributed by atoms with Gasteiger partial charge in [-0.1, -0.05) is 84.4 Å². The maximum Gasteiger partial charge on any atom is 0.258 e. The Balaban J connectivity index is 1.37. The molecule has 210 valence electrons. The summed E-state index contributed by atoms with van der Waals surface area (Å²) < 4.78 is 0. The van der Waals surface area contributed by atoms with Crippen molar-refractivity contribution in [3.63, 3.8) is 0 Å². The number of nitrogens with one attached hydrogen (secondary N) is 1. The molecule has 3 amide bonds. The first-order valence-electron chi connectivity index (χ1n) is 14.3. The van der Waals surface area contributed by atoms with Crippen LogP contribution in [0.15, 0.2) is 91.0 Å². The number of carbonyl (C=O) groups is 3. The van der Waals surface area contributed by atoms with Crippen molar-refractivity contribution in [2.24, 2.45) is 0 Å². The average molecular weight is 548 g/mol. The molecular formula is C35H37N3O3. The first kappa shape index (κ1) is 28.1. The Morgan fingerprint density at radius 3 is 2.32 bits per heavy atom. The predicted molar refractivity (Wildman–Crippen MR) is 164 cm³/mol. The van der Waals surface area contributed by atoms with E-state index in [1.54, 1.807) is 9.80 Å². The summed E-state index contributed by atoms with van der Waals surface area (Å²) in [7, 11) is 0. The van der Waals surface area contributed by atoms with Gasteiger partial charge in [-0.2, -0.15) is 0 Å². The fourth-order valence-electron chi connectivity index (χ4n) is 5.68. The third-order valence-electron chi connectivity index (χ3n) is 7.56. The third-order valence-corrected chi connectivity index (χ3v) is 7.56. The van der Waals surface area contributed by atoms with Gasteiger partial charge in [0, 0.05) is 42.9 Å². The largest absolute Gasteiger partial charge is 0.352 e. The first-order valence-corrected chi connectivity index (χ1v) is 14.3. The number of carbonyl (C=O) groups excluding carboxylic acids is 3. The van der Waals surface area contributed by atoms with Crippen LogP contribution in [0.2, 0.25) is 0 Å². The molecule has 4 aromatic rings. The molecular weight excluding hydrogens is 510 g/mol. The summed E-state index contributed by atoms with van der Waals surface area (Å²) in [6.45, 7) is 6.63. The number of rotatable bonds is 11. The Kier molecular flexibility index (Phi) is 8.48. The first-order chi connectivity index (χ1) is 19.8. The second-order valence-corrected chi connectivity index (χ2v) is 11.1. The van der Waals surface area contributed by atoms with E-state index in [-0.39, 0.29) is 30.2 Å². The van der Waals surface area contributed by atoms with Gasteiger partial charge in [0.15, 0.2) is 0 Å². The molecule has 4 aromatic carbocycles. The van der Waals surface area contributed by atoms with E-state index in [1.807, 2.05) is 106 Å². The van der Waals surface area contributed by atoms with Gasteiger partial charge in [-0.25, -0.2) is 0 Å². The second-order valence-electron chi connectivity index (χ2n) is 11.1. The van der Waals surface area contributed by atoms with Crippen LogP contribution in [-0.4, -0.2) is 41.2 Å². The molecule has 1 heterocycles. The Morgan fingerprint density at radius 1 is 0.878 bits per heavy atom. The Labute approximate surface area is 242 Å². The summed E-state index contributed by atoms with van der Waals surface area (Å²) >= 11 is 0. The van der Waals surface area contributed by atoms with E-state index in [0.717, 1.165) is 33.2 Å². The summed E-state index contributed by atoms with van der Waals surface area (Å²) in [4.78, 5) is 44.3. The molecule has 0 fully saturated rings. The van der Waals surface area contributed by atoms with Gasteiger partial charge in [0.05, 0.1) is 5.69 Å². The van der Waals surface area contributed by atoms with Gasteiger partial charge < -0.3 is 15.1 Å². The van der Waals surface area contributed by atoms with E-state index >= 15 is 0 Å². The minimum absolute atomic E-state index is 0.0286. The van der Waals surface area contributed by atoms with Crippen molar-refractivity contribution in [3.8, 4) is 0 Å². The molecule has 0 spiro atoms. The van der Waals surface area contributed by atoms with Gasteiger partial charge in [0.25, 0.3) is 5.91 Å². The quantitative estimate of drug-likeness (QED) is 0.248. The molecule has 0 saturated heterocycles. The summed E-state index contributed by atoms with van der Waals surface area (Å²) in [6, 6.07) is 28.9. The topological polar surface area (TPSA) is 69.7 Å². The van der Waals surface area contributed by atoms with Crippen molar-refractivity contribution in [1.82, 2.24) is 10.2 Å². The monoisotopic (exact) mass is 547 g/mol. The Bertz CT molecular complexity index is 1560. The SMILES string of the molecule is Cc1cccc(CN(C(=O)CCCN2C(=O)c3cccc4cccc2c34)C(Cc2ccccc2)C(=O)NC(C)C)c1. The lowest BCUT2D eigenvalue weighted by Gasteiger charge is -2.32. The van der Waals surface area contributed by atoms with Crippen molar-refractivity contribution < 1.29 is 14.4 Å². The number of nitrogens with zero attached hydrogens (tertiary/aromatic N) is 2. The highest BCUT2D eigenvalue weighted by Crippen LogP contribution is 2.37. The highest BCUT2D eigenvalue weighted by molar-refractivity contribution is 6.25. The second kappa shape index (κ2) is 12.4. The zero-order chi connectivity index (χ0) is 28.9. The number of hydrogen-bond acceptors (Lipinski definition) is 3. The fourth-order valence-corrected chi connectivity index (χ4v) is 5.68. The minimum Gasteiger partial charge on any atom is -0.352 e. The fraction of sp³-hybridized carbons (Fsp3) is 0.286. The van der Waals surface area contributed by atoms with Crippen LogP contribution in [0.3, 0.4) is 0 Å². The molecule has 1 N–H and O–H groups in total. The van der Waals surface area contributed by atoms with E-state index in [9.17, 15) is 14.4 Å². The number of hydrogen-bond donors (Lipinski definition) is 1. The lowest BCUT2D eigenvalue weighted by atomic mass is 10.0. The van der Waals surface area contributed by atoms with Gasteiger partial charge >= 0.3 is 0 Å². The molecule has 1 aliphatic heterocycles. The minimum atomic E-state index is -0.667. The van der Waals surface area contributed by atoms with Crippen molar-refractivity contribution in [1.29, 1.82) is 0 Å². The normalized spacial score (nSPS) is 13.1. The van der Waals surface area contributed by atoms with E-state index in [1.165, 1.54) is 0 Å². The predicted octanol–water partition coefficient (Wildman–Crippen LogP) is 6.05. The molecule has 41 heavy (non-hydrogen) atoms. The van der Waals surface area contributed by atoms with Crippen LogP contribution >= 0.6 is 0 Å². The number of aryl methyl sites for hydroxylation is 1. The summed E-state index contributed by atoms with van der Waals surface area (Å²) in [5.74, 6) is -0.297. The van der Waals surface area contributed by atoms with Crippen molar-refractivity contribution in [2.45, 2.75) is 58.7 Å². The number of benzene rings is 4. The van der Waals surface area contributed by atoms with E-state index in [0.29, 0.717) is 31.5 Å². The molecule has 1 atom stereocenters. The van der Waals surface area contributed by atoms with Crippen LogP contribution in [0.5, 0.6) is 0 Å². The molecule has 1 unspecified atom stereocenters. The number of amides is 3. The maximum atomic E-state index is 14.0.